The minimum absolute atomic E-state index is 0.290. The van der Waals surface area contributed by atoms with E-state index < -0.39 is 10.0 Å². The maximum atomic E-state index is 11.1. The second-order valence-corrected chi connectivity index (χ2v) is 7.39. The number of nitrogens with one attached hydrogen (secondary N) is 1. The number of guanidine groups is 1. The van der Waals surface area contributed by atoms with Gasteiger partial charge in [0, 0.05) is 20.6 Å². The Morgan fingerprint density at radius 3 is 2.18 bits per heavy atom. The molecule has 0 amide bonds. The van der Waals surface area contributed by atoms with Crippen LogP contribution in [0.5, 0.6) is 0 Å². The lowest BCUT2D eigenvalue weighted by Gasteiger charge is -2.18. The van der Waals surface area contributed by atoms with Crippen LogP contribution in [0, 0.1) is 5.41 Å². The molecule has 0 aliphatic rings. The van der Waals surface area contributed by atoms with Crippen LogP contribution < -0.4 is 4.72 Å². The molecule has 0 saturated carbocycles. The lowest BCUT2D eigenvalue weighted by atomic mass is 9.91. The standard InChI is InChI=1S/C11H25N3O2S/c1-11(2,3)8-7-9-12-10(14(4)5)13-17(6,15)16/h7-9H2,1-6H3,(H,12,13). The Balaban J connectivity index is 4.33. The first-order valence-electron chi connectivity index (χ1n) is 5.71. The van der Waals surface area contributed by atoms with Crippen molar-refractivity contribution in [3.8, 4) is 0 Å². The second-order valence-electron chi connectivity index (χ2n) is 5.64. The third-order valence-electron chi connectivity index (χ3n) is 2.05. The monoisotopic (exact) mass is 263 g/mol. The van der Waals surface area contributed by atoms with E-state index >= 15 is 0 Å². The van der Waals surface area contributed by atoms with Gasteiger partial charge in [-0.05, 0) is 18.3 Å². The van der Waals surface area contributed by atoms with Gasteiger partial charge in [-0.1, -0.05) is 20.8 Å². The quantitative estimate of drug-likeness (QED) is 0.472. The summed E-state index contributed by atoms with van der Waals surface area (Å²) in [7, 11) is 0.273. The normalized spacial score (nSPS) is 13.6. The summed E-state index contributed by atoms with van der Waals surface area (Å²) in [5, 5.41) is 0. The number of hydrogen-bond acceptors (Lipinski definition) is 3. The number of rotatable bonds is 4. The molecular weight excluding hydrogens is 238 g/mol. The van der Waals surface area contributed by atoms with E-state index in [1.807, 2.05) is 0 Å². The highest BCUT2D eigenvalue weighted by molar-refractivity contribution is 7.89. The zero-order valence-electron chi connectivity index (χ0n) is 11.7. The van der Waals surface area contributed by atoms with E-state index in [0.717, 1.165) is 19.1 Å². The van der Waals surface area contributed by atoms with Crippen molar-refractivity contribution in [3.05, 3.63) is 0 Å². The van der Waals surface area contributed by atoms with E-state index in [4.69, 9.17) is 0 Å². The molecule has 0 aromatic heterocycles. The largest absolute Gasteiger partial charge is 0.348 e. The highest BCUT2D eigenvalue weighted by Gasteiger charge is 2.10. The smallest absolute Gasteiger partial charge is 0.232 e. The number of hydrogen-bond donors (Lipinski definition) is 1. The fraction of sp³-hybridized carbons (Fsp3) is 0.909. The second kappa shape index (κ2) is 6.23. The van der Waals surface area contributed by atoms with E-state index in [9.17, 15) is 8.42 Å². The van der Waals surface area contributed by atoms with Crippen LogP contribution in [0.1, 0.15) is 33.6 Å². The summed E-state index contributed by atoms with van der Waals surface area (Å²) in [6.45, 7) is 7.17. The van der Waals surface area contributed by atoms with Crippen molar-refractivity contribution in [2.75, 3.05) is 26.9 Å². The number of aliphatic imine (C=N–C) groups is 1. The molecule has 0 unspecified atom stereocenters. The van der Waals surface area contributed by atoms with Gasteiger partial charge in [-0.3, -0.25) is 9.71 Å². The Morgan fingerprint density at radius 2 is 1.82 bits per heavy atom. The molecule has 17 heavy (non-hydrogen) atoms. The summed E-state index contributed by atoms with van der Waals surface area (Å²) in [4.78, 5) is 5.93. The van der Waals surface area contributed by atoms with E-state index in [-0.39, 0.29) is 5.41 Å². The maximum absolute atomic E-state index is 11.1. The van der Waals surface area contributed by atoms with Crippen molar-refractivity contribution >= 4 is 16.0 Å². The first kappa shape index (κ1) is 16.2. The van der Waals surface area contributed by atoms with Crippen molar-refractivity contribution in [3.63, 3.8) is 0 Å². The Morgan fingerprint density at radius 1 is 1.29 bits per heavy atom. The van der Waals surface area contributed by atoms with Crippen molar-refractivity contribution in [2.45, 2.75) is 33.6 Å². The summed E-state index contributed by atoms with van der Waals surface area (Å²) in [5.74, 6) is 0.390. The molecule has 0 fully saturated rings. The van der Waals surface area contributed by atoms with Gasteiger partial charge in [0.25, 0.3) is 0 Å². The molecule has 6 heteroatoms. The van der Waals surface area contributed by atoms with Gasteiger partial charge < -0.3 is 4.90 Å². The summed E-state index contributed by atoms with van der Waals surface area (Å²) >= 11 is 0. The van der Waals surface area contributed by atoms with Gasteiger partial charge in [0.15, 0.2) is 0 Å². The molecular formula is C11H25N3O2S. The molecule has 0 bridgehead atoms. The van der Waals surface area contributed by atoms with Crippen molar-refractivity contribution in [2.24, 2.45) is 10.4 Å². The topological polar surface area (TPSA) is 61.8 Å². The molecule has 102 valence electrons. The first-order valence-corrected chi connectivity index (χ1v) is 7.60. The SMILES string of the molecule is CN(C)C(=NCCCC(C)(C)C)NS(C)(=O)=O. The molecule has 0 radical (unpaired) electrons. The van der Waals surface area contributed by atoms with Gasteiger partial charge >= 0.3 is 0 Å². The highest BCUT2D eigenvalue weighted by atomic mass is 32.2. The molecule has 0 atom stereocenters. The summed E-state index contributed by atoms with van der Waals surface area (Å²) in [6.07, 6.45) is 3.14. The Hall–Kier alpha value is -0.780. The van der Waals surface area contributed by atoms with Crippen LogP contribution in [0.4, 0.5) is 0 Å². The molecule has 0 aliphatic carbocycles. The molecule has 0 aromatic rings. The lowest BCUT2D eigenvalue weighted by molar-refractivity contribution is 0.368. The van der Waals surface area contributed by atoms with E-state index in [0.29, 0.717) is 12.5 Å². The van der Waals surface area contributed by atoms with Gasteiger partial charge in [-0.25, -0.2) is 8.42 Å². The maximum Gasteiger partial charge on any atom is 0.232 e. The molecule has 0 saturated heterocycles. The van der Waals surface area contributed by atoms with Gasteiger partial charge in [-0.15, -0.1) is 0 Å². The van der Waals surface area contributed by atoms with E-state index in [1.165, 1.54) is 0 Å². The van der Waals surface area contributed by atoms with Crippen LogP contribution in [0.2, 0.25) is 0 Å². The van der Waals surface area contributed by atoms with Crippen LogP contribution >= 0.6 is 0 Å². The van der Waals surface area contributed by atoms with Gasteiger partial charge in [-0.2, -0.15) is 0 Å². The van der Waals surface area contributed by atoms with E-state index in [2.05, 4.69) is 30.5 Å². The highest BCUT2D eigenvalue weighted by Crippen LogP contribution is 2.20. The molecule has 0 heterocycles. The summed E-state index contributed by atoms with van der Waals surface area (Å²) < 4.78 is 24.6. The van der Waals surface area contributed by atoms with Crippen LogP contribution in [0.15, 0.2) is 4.99 Å². The zero-order chi connectivity index (χ0) is 13.7. The molecule has 1 N–H and O–H groups in total. The summed E-state index contributed by atoms with van der Waals surface area (Å²) in [5.41, 5.74) is 0.290. The predicted molar refractivity (Wildman–Crippen MR) is 72.7 cm³/mol. The van der Waals surface area contributed by atoms with Crippen molar-refractivity contribution in [1.29, 1.82) is 0 Å². The average molecular weight is 263 g/mol. The zero-order valence-corrected chi connectivity index (χ0v) is 12.6. The van der Waals surface area contributed by atoms with Gasteiger partial charge in [0.1, 0.15) is 0 Å². The first-order chi connectivity index (χ1) is 7.51. The third-order valence-corrected chi connectivity index (χ3v) is 2.60. The predicted octanol–water partition coefficient (Wildman–Crippen LogP) is 1.28. The number of sulfonamides is 1. The Kier molecular flexibility index (Phi) is 5.95. The minimum Gasteiger partial charge on any atom is -0.348 e. The average Bonchev–Trinajstić information content (AvgIpc) is 2.06. The van der Waals surface area contributed by atoms with Crippen LogP contribution in [-0.4, -0.2) is 46.2 Å². The van der Waals surface area contributed by atoms with Gasteiger partial charge in [0.05, 0.1) is 6.26 Å². The van der Waals surface area contributed by atoms with Gasteiger partial charge in [0.2, 0.25) is 16.0 Å². The van der Waals surface area contributed by atoms with E-state index in [1.54, 1.807) is 19.0 Å². The Bertz CT molecular complexity index is 353. The van der Waals surface area contributed by atoms with Crippen molar-refractivity contribution < 1.29 is 8.42 Å². The third kappa shape index (κ3) is 10.1. The Labute approximate surface area is 105 Å². The fourth-order valence-corrected chi connectivity index (χ4v) is 1.80. The lowest BCUT2D eigenvalue weighted by Crippen LogP contribution is -2.39. The van der Waals surface area contributed by atoms with Crippen LogP contribution in [0.3, 0.4) is 0 Å². The molecule has 0 rings (SSSR count). The van der Waals surface area contributed by atoms with Crippen molar-refractivity contribution in [1.82, 2.24) is 9.62 Å². The molecule has 0 spiro atoms. The molecule has 5 nitrogen and oxygen atoms in total. The fourth-order valence-electron chi connectivity index (χ4n) is 1.23. The molecule has 0 aromatic carbocycles. The van der Waals surface area contributed by atoms with Crippen LogP contribution in [-0.2, 0) is 10.0 Å². The van der Waals surface area contributed by atoms with Crippen LogP contribution in [0.25, 0.3) is 0 Å². The minimum atomic E-state index is -3.26. The molecule has 0 aliphatic heterocycles. The number of nitrogens with zero attached hydrogens (tertiary/aromatic N) is 2. The summed E-state index contributed by atoms with van der Waals surface area (Å²) in [6, 6.07) is 0.